The van der Waals surface area contributed by atoms with Gasteiger partial charge in [0.15, 0.2) is 11.6 Å². The molecule has 1 aliphatic rings. The van der Waals surface area contributed by atoms with Crippen LogP contribution in [0.4, 0.5) is 23.0 Å². The predicted molar refractivity (Wildman–Crippen MR) is 142 cm³/mol. The Labute approximate surface area is 210 Å². The van der Waals surface area contributed by atoms with Gasteiger partial charge >= 0.3 is 5.97 Å². The van der Waals surface area contributed by atoms with Gasteiger partial charge in [-0.1, -0.05) is 60.7 Å². The van der Waals surface area contributed by atoms with Crippen LogP contribution in [0.1, 0.15) is 27.5 Å². The Morgan fingerprint density at radius 3 is 1.97 bits per heavy atom. The van der Waals surface area contributed by atoms with Crippen molar-refractivity contribution in [2.24, 2.45) is 0 Å². The molecule has 1 aromatic heterocycles. The van der Waals surface area contributed by atoms with Gasteiger partial charge in [0.05, 0.1) is 11.6 Å². The minimum atomic E-state index is -0.966. The van der Waals surface area contributed by atoms with E-state index in [1.165, 1.54) is 29.6 Å². The summed E-state index contributed by atoms with van der Waals surface area (Å²) in [7, 11) is 0. The lowest BCUT2D eigenvalue weighted by Gasteiger charge is -2.40. The molecule has 36 heavy (non-hydrogen) atoms. The van der Waals surface area contributed by atoms with Crippen molar-refractivity contribution >= 4 is 29.0 Å². The van der Waals surface area contributed by atoms with Crippen LogP contribution in [0.5, 0.6) is 0 Å². The van der Waals surface area contributed by atoms with Crippen LogP contribution in [0, 0.1) is 0 Å². The second-order valence-electron chi connectivity index (χ2n) is 8.71. The summed E-state index contributed by atoms with van der Waals surface area (Å²) in [6.45, 7) is 3.28. The molecule has 4 N–H and O–H groups in total. The molecule has 182 valence electrons. The smallest absolute Gasteiger partial charge is 0.335 e. The fraction of sp³-hybridized carbons (Fsp3) is 0.179. The number of anilines is 4. The molecule has 3 aromatic carbocycles. The number of aromatic carboxylic acids is 1. The Morgan fingerprint density at radius 2 is 1.42 bits per heavy atom. The molecule has 8 heteroatoms. The van der Waals surface area contributed by atoms with Gasteiger partial charge in [0.25, 0.3) is 0 Å². The van der Waals surface area contributed by atoms with Gasteiger partial charge in [0, 0.05) is 31.9 Å². The second kappa shape index (κ2) is 10.5. The van der Waals surface area contributed by atoms with Gasteiger partial charge in [-0.2, -0.15) is 0 Å². The van der Waals surface area contributed by atoms with Crippen molar-refractivity contribution in [1.82, 2.24) is 14.9 Å². The van der Waals surface area contributed by atoms with E-state index in [1.54, 1.807) is 12.1 Å². The summed E-state index contributed by atoms with van der Waals surface area (Å²) in [4.78, 5) is 24.6. The number of nitrogens with zero attached hydrogens (tertiary/aromatic N) is 4. The standard InChI is InChI=1S/C28H28N6O2/c29-24-26(32-23-13-11-22(12-14-23)28(35)36)30-19-31-27(24)34-17-15-33(16-18-34)25(20-7-3-1-4-8-20)21-9-5-2-6-10-21/h1-14,19,25H,15-18,29H2,(H,35,36)(H,30,31,32). The van der Waals surface area contributed by atoms with Crippen LogP contribution in [-0.4, -0.2) is 52.1 Å². The Balaban J connectivity index is 1.31. The van der Waals surface area contributed by atoms with Crippen molar-refractivity contribution in [3.8, 4) is 0 Å². The molecule has 0 radical (unpaired) electrons. The Bertz CT molecular complexity index is 1270. The normalized spacial score (nSPS) is 14.1. The van der Waals surface area contributed by atoms with E-state index >= 15 is 0 Å². The molecule has 5 rings (SSSR count). The minimum Gasteiger partial charge on any atom is -0.478 e. The highest BCUT2D eigenvalue weighted by Gasteiger charge is 2.28. The summed E-state index contributed by atoms with van der Waals surface area (Å²) in [6.07, 6.45) is 1.50. The van der Waals surface area contributed by atoms with Gasteiger partial charge in [-0.25, -0.2) is 14.8 Å². The molecule has 0 atom stereocenters. The third-order valence-corrected chi connectivity index (χ3v) is 6.47. The van der Waals surface area contributed by atoms with E-state index in [4.69, 9.17) is 10.8 Å². The van der Waals surface area contributed by atoms with Gasteiger partial charge in [-0.15, -0.1) is 0 Å². The van der Waals surface area contributed by atoms with E-state index < -0.39 is 5.97 Å². The lowest BCUT2D eigenvalue weighted by molar-refractivity contribution is 0.0697. The number of carbonyl (C=O) groups is 1. The number of benzene rings is 3. The molecule has 0 bridgehead atoms. The molecule has 0 saturated carbocycles. The number of nitrogens with one attached hydrogen (secondary N) is 1. The number of carboxylic acids is 1. The van der Waals surface area contributed by atoms with Crippen molar-refractivity contribution < 1.29 is 9.90 Å². The molecule has 0 spiro atoms. The van der Waals surface area contributed by atoms with E-state index in [1.807, 2.05) is 12.1 Å². The first kappa shape index (κ1) is 23.3. The van der Waals surface area contributed by atoms with Crippen molar-refractivity contribution in [1.29, 1.82) is 0 Å². The number of aromatic nitrogens is 2. The third kappa shape index (κ3) is 4.99. The average Bonchev–Trinajstić information content (AvgIpc) is 2.92. The molecule has 8 nitrogen and oxygen atoms in total. The Kier molecular flexibility index (Phi) is 6.77. The van der Waals surface area contributed by atoms with E-state index in [0.717, 1.165) is 26.2 Å². The largest absolute Gasteiger partial charge is 0.478 e. The molecular weight excluding hydrogens is 452 g/mol. The number of nitrogens with two attached hydrogens (primary N) is 1. The second-order valence-corrected chi connectivity index (χ2v) is 8.71. The summed E-state index contributed by atoms with van der Waals surface area (Å²) in [5.74, 6) is 0.230. The molecule has 1 fully saturated rings. The van der Waals surface area contributed by atoms with Gasteiger partial charge in [0.1, 0.15) is 12.0 Å². The summed E-state index contributed by atoms with van der Waals surface area (Å²) in [6, 6.07) is 27.9. The zero-order valence-corrected chi connectivity index (χ0v) is 19.8. The zero-order valence-electron chi connectivity index (χ0n) is 19.8. The molecular formula is C28H28N6O2. The number of hydrogen-bond acceptors (Lipinski definition) is 7. The van der Waals surface area contributed by atoms with E-state index in [9.17, 15) is 4.79 Å². The monoisotopic (exact) mass is 480 g/mol. The lowest BCUT2D eigenvalue weighted by atomic mass is 9.96. The van der Waals surface area contributed by atoms with Crippen molar-refractivity contribution in [2.75, 3.05) is 42.1 Å². The van der Waals surface area contributed by atoms with E-state index in [-0.39, 0.29) is 11.6 Å². The average molecular weight is 481 g/mol. The van der Waals surface area contributed by atoms with Gasteiger partial charge in [0.2, 0.25) is 0 Å². The summed E-state index contributed by atoms with van der Waals surface area (Å²) < 4.78 is 0. The van der Waals surface area contributed by atoms with E-state index in [0.29, 0.717) is 23.0 Å². The topological polar surface area (TPSA) is 108 Å². The number of nitrogen functional groups attached to an aromatic ring is 1. The Morgan fingerprint density at radius 1 is 0.833 bits per heavy atom. The molecule has 1 aliphatic heterocycles. The first-order chi connectivity index (χ1) is 17.6. The van der Waals surface area contributed by atoms with Gasteiger partial charge in [-0.05, 0) is 35.4 Å². The minimum absolute atomic E-state index is 0.184. The fourth-order valence-corrected chi connectivity index (χ4v) is 4.65. The molecule has 4 aromatic rings. The van der Waals surface area contributed by atoms with Gasteiger partial charge in [-0.3, -0.25) is 4.90 Å². The number of hydrogen-bond donors (Lipinski definition) is 3. The van der Waals surface area contributed by atoms with Crippen LogP contribution in [0.25, 0.3) is 0 Å². The highest BCUT2D eigenvalue weighted by molar-refractivity contribution is 5.88. The van der Waals surface area contributed by atoms with E-state index in [2.05, 4.69) is 73.6 Å². The Hall–Kier alpha value is -4.43. The summed E-state index contributed by atoms with van der Waals surface area (Å²) in [5.41, 5.74) is 10.4. The quantitative estimate of drug-likeness (QED) is 0.357. The molecule has 2 heterocycles. The lowest BCUT2D eigenvalue weighted by Crippen LogP contribution is -2.48. The third-order valence-electron chi connectivity index (χ3n) is 6.47. The number of carboxylic acid groups (broad SMARTS) is 1. The predicted octanol–water partition coefficient (Wildman–Crippen LogP) is 4.41. The molecule has 1 saturated heterocycles. The van der Waals surface area contributed by atoms with Crippen LogP contribution in [0.3, 0.4) is 0 Å². The van der Waals surface area contributed by atoms with Crippen LogP contribution in [0.2, 0.25) is 0 Å². The van der Waals surface area contributed by atoms with Gasteiger partial charge < -0.3 is 21.1 Å². The fourth-order valence-electron chi connectivity index (χ4n) is 4.65. The first-order valence-corrected chi connectivity index (χ1v) is 11.9. The maximum absolute atomic E-state index is 11.1. The van der Waals surface area contributed by atoms with Crippen molar-refractivity contribution in [2.45, 2.75) is 6.04 Å². The summed E-state index contributed by atoms with van der Waals surface area (Å²) in [5, 5.41) is 12.3. The van der Waals surface area contributed by atoms with Crippen LogP contribution in [0.15, 0.2) is 91.3 Å². The first-order valence-electron chi connectivity index (χ1n) is 11.9. The summed E-state index contributed by atoms with van der Waals surface area (Å²) >= 11 is 0. The van der Waals surface area contributed by atoms with Crippen LogP contribution >= 0.6 is 0 Å². The molecule has 0 unspecified atom stereocenters. The highest BCUT2D eigenvalue weighted by Crippen LogP contribution is 2.33. The maximum Gasteiger partial charge on any atom is 0.335 e. The zero-order chi connectivity index (χ0) is 24.9. The SMILES string of the molecule is Nc1c(Nc2ccc(C(=O)O)cc2)ncnc1N1CCN(C(c2ccccc2)c2ccccc2)CC1. The highest BCUT2D eigenvalue weighted by atomic mass is 16.4. The molecule has 0 aliphatic carbocycles. The number of piperazine rings is 1. The number of rotatable bonds is 7. The van der Waals surface area contributed by atoms with Crippen molar-refractivity contribution in [3.63, 3.8) is 0 Å². The van der Waals surface area contributed by atoms with Crippen molar-refractivity contribution in [3.05, 3.63) is 108 Å². The maximum atomic E-state index is 11.1. The van der Waals surface area contributed by atoms with Crippen LogP contribution in [-0.2, 0) is 0 Å². The molecule has 0 amide bonds. The van der Waals surface area contributed by atoms with Crippen LogP contribution < -0.4 is 16.0 Å².